The zero-order valence-electron chi connectivity index (χ0n) is 14.2. The molecular formula is C17H25N3O2. The highest BCUT2D eigenvalue weighted by Gasteiger charge is 2.15. The molecule has 0 aromatic heterocycles. The minimum absolute atomic E-state index is 0.0531. The highest BCUT2D eigenvalue weighted by Crippen LogP contribution is 2.15. The van der Waals surface area contributed by atoms with Crippen LogP contribution >= 0.6 is 0 Å². The Morgan fingerprint density at radius 3 is 2.09 bits per heavy atom. The summed E-state index contributed by atoms with van der Waals surface area (Å²) in [6.45, 7) is 11.6. The summed E-state index contributed by atoms with van der Waals surface area (Å²) in [6, 6.07) is 6.73. The molecule has 120 valence electrons. The van der Waals surface area contributed by atoms with Gasteiger partial charge in [0.2, 0.25) is 5.91 Å². The van der Waals surface area contributed by atoms with E-state index in [1.54, 1.807) is 24.3 Å². The fraction of sp³-hybridized carbons (Fsp3) is 0.471. The van der Waals surface area contributed by atoms with Gasteiger partial charge in [0.1, 0.15) is 0 Å². The first-order valence-electron chi connectivity index (χ1n) is 7.37. The molecule has 1 aromatic carbocycles. The third kappa shape index (κ3) is 5.31. The maximum absolute atomic E-state index is 12.0. The van der Waals surface area contributed by atoms with Crippen molar-refractivity contribution in [3.05, 3.63) is 29.8 Å². The minimum Gasteiger partial charge on any atom is -0.326 e. The Hall–Kier alpha value is -2.17. The summed E-state index contributed by atoms with van der Waals surface area (Å²) in [4.78, 5) is 23.6. The first kappa shape index (κ1) is 17.9. The molecule has 0 aliphatic carbocycles. The quantitative estimate of drug-likeness (QED) is 0.661. The summed E-state index contributed by atoms with van der Waals surface area (Å²) < 4.78 is 0. The van der Waals surface area contributed by atoms with Crippen LogP contribution in [-0.2, 0) is 4.79 Å². The van der Waals surface area contributed by atoms with E-state index >= 15 is 0 Å². The van der Waals surface area contributed by atoms with Crippen molar-refractivity contribution in [3.8, 4) is 0 Å². The Balaban J connectivity index is 2.71. The van der Waals surface area contributed by atoms with E-state index in [1.165, 1.54) is 0 Å². The molecule has 5 heteroatoms. The fourth-order valence-corrected chi connectivity index (χ4v) is 1.36. The van der Waals surface area contributed by atoms with Crippen LogP contribution in [0.25, 0.3) is 0 Å². The normalized spacial score (nSPS) is 12.2. The standard InChI is InChI=1S/C17H25N3O2/c1-11(2)15(21)18-14-9-7-13(8-10-14)16(22)20-19-12(3)17(4,5)6/h7-11H,1-6H3,(H,18,21)(H,20,22). The molecule has 0 spiro atoms. The van der Waals surface area contributed by atoms with E-state index in [9.17, 15) is 9.59 Å². The molecule has 0 aliphatic rings. The second-order valence-electron chi connectivity index (χ2n) is 6.61. The lowest BCUT2D eigenvalue weighted by Gasteiger charge is -2.17. The first-order chi connectivity index (χ1) is 10.1. The Morgan fingerprint density at radius 2 is 1.64 bits per heavy atom. The van der Waals surface area contributed by atoms with Crippen LogP contribution in [0.2, 0.25) is 0 Å². The Morgan fingerprint density at radius 1 is 1.09 bits per heavy atom. The molecule has 5 nitrogen and oxygen atoms in total. The Bertz CT molecular complexity index is 567. The van der Waals surface area contributed by atoms with E-state index in [1.807, 2.05) is 41.5 Å². The molecule has 0 atom stereocenters. The number of rotatable bonds is 4. The molecule has 0 saturated carbocycles. The summed E-state index contributed by atoms with van der Waals surface area (Å²) in [5, 5.41) is 6.89. The maximum atomic E-state index is 12.0. The van der Waals surface area contributed by atoms with Gasteiger partial charge in [-0.05, 0) is 31.2 Å². The average molecular weight is 303 g/mol. The lowest BCUT2D eigenvalue weighted by Crippen LogP contribution is -2.24. The van der Waals surface area contributed by atoms with E-state index in [4.69, 9.17) is 0 Å². The van der Waals surface area contributed by atoms with Crippen LogP contribution in [0.3, 0.4) is 0 Å². The summed E-state index contributed by atoms with van der Waals surface area (Å²) >= 11 is 0. The largest absolute Gasteiger partial charge is 0.326 e. The predicted octanol–water partition coefficient (Wildman–Crippen LogP) is 3.43. The van der Waals surface area contributed by atoms with E-state index in [2.05, 4.69) is 15.8 Å². The van der Waals surface area contributed by atoms with E-state index in [0.717, 1.165) is 5.71 Å². The van der Waals surface area contributed by atoms with Crippen LogP contribution in [0.4, 0.5) is 5.69 Å². The molecule has 1 aromatic rings. The van der Waals surface area contributed by atoms with Gasteiger partial charge in [0.05, 0.1) is 0 Å². The molecule has 0 heterocycles. The first-order valence-corrected chi connectivity index (χ1v) is 7.37. The van der Waals surface area contributed by atoms with Crippen molar-refractivity contribution in [2.45, 2.75) is 41.5 Å². The molecule has 1 rings (SSSR count). The van der Waals surface area contributed by atoms with Crippen molar-refractivity contribution < 1.29 is 9.59 Å². The van der Waals surface area contributed by atoms with Crippen molar-refractivity contribution in [1.82, 2.24) is 5.43 Å². The number of hydrazone groups is 1. The van der Waals surface area contributed by atoms with Crippen LogP contribution in [0.1, 0.15) is 51.9 Å². The molecule has 2 N–H and O–H groups in total. The van der Waals surface area contributed by atoms with Gasteiger partial charge in [0.25, 0.3) is 5.91 Å². The molecule has 0 unspecified atom stereocenters. The number of carbonyl (C=O) groups is 2. The fourth-order valence-electron chi connectivity index (χ4n) is 1.36. The SMILES string of the molecule is CC(=NNC(=O)c1ccc(NC(=O)C(C)C)cc1)C(C)(C)C. The molecule has 0 radical (unpaired) electrons. The van der Waals surface area contributed by atoms with Gasteiger partial charge < -0.3 is 5.32 Å². The molecule has 22 heavy (non-hydrogen) atoms. The Kier molecular flexibility index (Phi) is 5.85. The van der Waals surface area contributed by atoms with Crippen molar-refractivity contribution in [1.29, 1.82) is 0 Å². The lowest BCUT2D eigenvalue weighted by atomic mass is 9.91. The van der Waals surface area contributed by atoms with E-state index < -0.39 is 0 Å². The predicted molar refractivity (Wildman–Crippen MR) is 89.9 cm³/mol. The van der Waals surface area contributed by atoms with E-state index in [0.29, 0.717) is 11.3 Å². The number of benzene rings is 1. The topological polar surface area (TPSA) is 70.6 Å². The van der Waals surface area contributed by atoms with E-state index in [-0.39, 0.29) is 23.1 Å². The number of nitrogens with one attached hydrogen (secondary N) is 2. The molecule has 0 bridgehead atoms. The zero-order valence-corrected chi connectivity index (χ0v) is 14.2. The highest BCUT2D eigenvalue weighted by molar-refractivity contribution is 5.97. The van der Waals surface area contributed by atoms with Crippen molar-refractivity contribution in [3.63, 3.8) is 0 Å². The molecule has 0 fully saturated rings. The minimum atomic E-state index is -0.273. The van der Waals surface area contributed by atoms with Crippen molar-refractivity contribution in [2.75, 3.05) is 5.32 Å². The van der Waals surface area contributed by atoms with Gasteiger partial charge in [-0.25, -0.2) is 5.43 Å². The van der Waals surface area contributed by atoms with Gasteiger partial charge >= 0.3 is 0 Å². The zero-order chi connectivity index (χ0) is 16.9. The number of hydrogen-bond donors (Lipinski definition) is 2. The Labute approximate surface area is 132 Å². The van der Waals surface area contributed by atoms with Crippen molar-refractivity contribution in [2.24, 2.45) is 16.4 Å². The number of nitrogens with zero attached hydrogens (tertiary/aromatic N) is 1. The number of amides is 2. The van der Waals surface area contributed by atoms with Crippen molar-refractivity contribution >= 4 is 23.2 Å². The molecule has 0 aliphatic heterocycles. The smallest absolute Gasteiger partial charge is 0.271 e. The average Bonchev–Trinajstić information content (AvgIpc) is 2.43. The second-order valence-corrected chi connectivity index (χ2v) is 6.61. The van der Waals surface area contributed by atoms with Crippen LogP contribution in [-0.4, -0.2) is 17.5 Å². The summed E-state index contributed by atoms with van der Waals surface area (Å²) in [6.07, 6.45) is 0. The molecule has 2 amide bonds. The van der Waals surface area contributed by atoms with Gasteiger partial charge in [0, 0.05) is 28.3 Å². The van der Waals surface area contributed by atoms with Crippen LogP contribution in [0.5, 0.6) is 0 Å². The van der Waals surface area contributed by atoms with Crippen LogP contribution in [0.15, 0.2) is 29.4 Å². The highest BCUT2D eigenvalue weighted by atomic mass is 16.2. The summed E-state index contributed by atoms with van der Waals surface area (Å²) in [5.41, 5.74) is 4.47. The summed E-state index contributed by atoms with van der Waals surface area (Å²) in [5.74, 6) is -0.411. The van der Waals surface area contributed by atoms with Crippen LogP contribution in [0, 0.1) is 11.3 Å². The van der Waals surface area contributed by atoms with Gasteiger partial charge in [-0.1, -0.05) is 34.6 Å². The lowest BCUT2D eigenvalue weighted by molar-refractivity contribution is -0.118. The van der Waals surface area contributed by atoms with Crippen LogP contribution < -0.4 is 10.7 Å². The maximum Gasteiger partial charge on any atom is 0.271 e. The molecule has 0 saturated heterocycles. The van der Waals surface area contributed by atoms with Gasteiger partial charge in [0.15, 0.2) is 0 Å². The second kappa shape index (κ2) is 7.20. The summed E-state index contributed by atoms with van der Waals surface area (Å²) in [7, 11) is 0. The molecular weight excluding hydrogens is 278 g/mol. The van der Waals surface area contributed by atoms with Gasteiger partial charge in [-0.3, -0.25) is 9.59 Å². The monoisotopic (exact) mass is 303 g/mol. The number of carbonyl (C=O) groups excluding carboxylic acids is 2. The number of hydrogen-bond acceptors (Lipinski definition) is 3. The third-order valence-electron chi connectivity index (χ3n) is 3.35. The third-order valence-corrected chi connectivity index (χ3v) is 3.35. The number of anilines is 1. The van der Waals surface area contributed by atoms with Gasteiger partial charge in [-0.15, -0.1) is 0 Å². The van der Waals surface area contributed by atoms with Gasteiger partial charge in [-0.2, -0.15) is 5.10 Å².